The van der Waals surface area contributed by atoms with Crippen LogP contribution in [-0.2, 0) is 5.41 Å². The first-order valence-electron chi connectivity index (χ1n) is 18.6. The van der Waals surface area contributed by atoms with Crippen molar-refractivity contribution in [1.82, 2.24) is 9.97 Å². The van der Waals surface area contributed by atoms with Crippen molar-refractivity contribution < 1.29 is 0 Å². The van der Waals surface area contributed by atoms with Gasteiger partial charge in [-0.05, 0) is 79.2 Å². The summed E-state index contributed by atoms with van der Waals surface area (Å²) in [6.07, 6.45) is 0. The van der Waals surface area contributed by atoms with E-state index in [1.807, 2.05) is 17.4 Å². The van der Waals surface area contributed by atoms with E-state index in [1.165, 1.54) is 75.1 Å². The van der Waals surface area contributed by atoms with Crippen molar-refractivity contribution in [3.05, 3.63) is 181 Å². The van der Waals surface area contributed by atoms with E-state index in [0.29, 0.717) is 0 Å². The molecule has 0 fully saturated rings. The minimum Gasteiger partial charge on any atom is -0.228 e. The zero-order valence-corrected chi connectivity index (χ0v) is 30.8. The van der Waals surface area contributed by atoms with Crippen LogP contribution < -0.4 is 0 Å². The molecule has 11 rings (SSSR count). The maximum Gasteiger partial charge on any atom is 0.160 e. The lowest BCUT2D eigenvalue weighted by molar-refractivity contribution is 0.666. The van der Waals surface area contributed by atoms with E-state index in [9.17, 15) is 0 Å². The Morgan fingerprint density at radius 3 is 1.89 bits per heavy atom. The van der Waals surface area contributed by atoms with Gasteiger partial charge in [0.25, 0.3) is 0 Å². The van der Waals surface area contributed by atoms with Crippen LogP contribution in [0.5, 0.6) is 0 Å². The highest BCUT2D eigenvalue weighted by molar-refractivity contribution is 7.25. The number of hydrogen-bond donors (Lipinski definition) is 0. The van der Waals surface area contributed by atoms with Crippen LogP contribution in [0.15, 0.2) is 170 Å². The van der Waals surface area contributed by atoms with Crippen LogP contribution >= 0.6 is 11.3 Å². The average molecular weight is 707 g/mol. The van der Waals surface area contributed by atoms with E-state index in [2.05, 4.69) is 178 Å². The highest BCUT2D eigenvalue weighted by atomic mass is 32.1. The molecule has 2 nitrogen and oxygen atoms in total. The molecule has 0 bridgehead atoms. The summed E-state index contributed by atoms with van der Waals surface area (Å²) in [6.45, 7) is 4.76. The summed E-state index contributed by atoms with van der Waals surface area (Å²) >= 11 is 1.83. The molecular formula is C51H34N2S. The molecule has 1 aliphatic carbocycles. The van der Waals surface area contributed by atoms with Gasteiger partial charge in [0.05, 0.1) is 11.4 Å². The zero-order chi connectivity index (χ0) is 36.0. The predicted molar refractivity (Wildman–Crippen MR) is 229 cm³/mol. The lowest BCUT2D eigenvalue weighted by atomic mass is 9.79. The van der Waals surface area contributed by atoms with Gasteiger partial charge in [0.2, 0.25) is 0 Å². The summed E-state index contributed by atoms with van der Waals surface area (Å²) < 4.78 is 2.56. The fraction of sp³-hybridized carbons (Fsp3) is 0.0588. The maximum absolute atomic E-state index is 5.25. The molecule has 0 N–H and O–H groups in total. The lowest BCUT2D eigenvalue weighted by Crippen LogP contribution is -2.15. The molecule has 0 saturated carbocycles. The standard InChI is InChI=1S/C51H34N2S/c1-51(2)44-28-33(21-23-39(44)43-25-20-31-12-6-7-15-36(31)49(43)51)35-26-27-40(38-17-9-8-16-37(35)38)46-30-45(52-50(53-46)32-13-4-3-5-14-32)34-22-24-42-41-18-10-11-19-47(41)54-48(42)29-34/h3-30H,1-2H3. The Balaban J connectivity index is 1.06. The molecular weight excluding hydrogens is 673 g/mol. The Hall–Kier alpha value is -6.42. The van der Waals surface area contributed by atoms with Gasteiger partial charge in [-0.3, -0.25) is 0 Å². The van der Waals surface area contributed by atoms with Gasteiger partial charge in [0.1, 0.15) is 0 Å². The largest absolute Gasteiger partial charge is 0.228 e. The van der Waals surface area contributed by atoms with E-state index < -0.39 is 0 Å². The summed E-state index contributed by atoms with van der Waals surface area (Å²) in [6, 6.07) is 61.7. The molecule has 1 aliphatic rings. The van der Waals surface area contributed by atoms with Crippen molar-refractivity contribution in [2.75, 3.05) is 0 Å². The number of aromatic nitrogens is 2. The van der Waals surface area contributed by atoms with Crippen LogP contribution in [0.2, 0.25) is 0 Å². The Kier molecular flexibility index (Phi) is 6.80. The molecule has 0 aliphatic heterocycles. The highest BCUT2D eigenvalue weighted by Crippen LogP contribution is 2.52. The van der Waals surface area contributed by atoms with E-state index in [4.69, 9.17) is 9.97 Å². The summed E-state index contributed by atoms with van der Waals surface area (Å²) in [5, 5.41) is 7.60. The minimum atomic E-state index is -0.124. The molecule has 2 aromatic heterocycles. The van der Waals surface area contributed by atoms with Crippen LogP contribution in [-0.4, -0.2) is 9.97 Å². The van der Waals surface area contributed by atoms with E-state index in [1.54, 1.807) is 0 Å². The third-order valence-corrected chi connectivity index (χ3v) is 12.6. The molecule has 0 unspecified atom stereocenters. The van der Waals surface area contributed by atoms with Crippen molar-refractivity contribution in [3.8, 4) is 56.2 Å². The molecule has 0 atom stereocenters. The van der Waals surface area contributed by atoms with Gasteiger partial charge in [0, 0.05) is 42.3 Å². The Morgan fingerprint density at radius 1 is 0.407 bits per heavy atom. The van der Waals surface area contributed by atoms with Gasteiger partial charge >= 0.3 is 0 Å². The first kappa shape index (κ1) is 31.1. The van der Waals surface area contributed by atoms with Crippen LogP contribution in [0, 0.1) is 0 Å². The van der Waals surface area contributed by atoms with Gasteiger partial charge in [-0.2, -0.15) is 0 Å². The number of nitrogens with zero attached hydrogens (tertiary/aromatic N) is 2. The van der Waals surface area contributed by atoms with Gasteiger partial charge in [-0.25, -0.2) is 9.97 Å². The summed E-state index contributed by atoms with van der Waals surface area (Å²) in [4.78, 5) is 10.4. The molecule has 2 heterocycles. The van der Waals surface area contributed by atoms with Gasteiger partial charge in [0.15, 0.2) is 5.82 Å². The molecule has 3 heteroatoms. The van der Waals surface area contributed by atoms with Crippen molar-refractivity contribution in [1.29, 1.82) is 0 Å². The second-order valence-corrected chi connectivity index (χ2v) is 16.0. The first-order chi connectivity index (χ1) is 26.5. The maximum atomic E-state index is 5.25. The van der Waals surface area contributed by atoms with Gasteiger partial charge in [-0.15, -0.1) is 11.3 Å². The number of fused-ring (bicyclic) bond motifs is 9. The predicted octanol–water partition coefficient (Wildman–Crippen LogP) is 14.1. The number of hydrogen-bond acceptors (Lipinski definition) is 3. The average Bonchev–Trinajstić information content (AvgIpc) is 3.71. The number of benzene rings is 8. The third kappa shape index (κ3) is 4.72. The SMILES string of the molecule is CC1(C)c2cc(-c3ccc(-c4cc(-c5ccc6c(c5)sc5ccccc56)nc(-c5ccccc5)n4)c4ccccc34)ccc2-c2ccc3ccccc3c21. The molecule has 254 valence electrons. The monoisotopic (exact) mass is 706 g/mol. The lowest BCUT2D eigenvalue weighted by Gasteiger charge is -2.24. The normalized spacial score (nSPS) is 13.1. The van der Waals surface area contributed by atoms with Crippen molar-refractivity contribution >= 4 is 53.1 Å². The summed E-state index contributed by atoms with van der Waals surface area (Å²) in [5.41, 5.74) is 12.8. The minimum absolute atomic E-state index is 0.124. The molecule has 0 spiro atoms. The fourth-order valence-electron chi connectivity index (χ4n) is 8.88. The van der Waals surface area contributed by atoms with Crippen LogP contribution in [0.3, 0.4) is 0 Å². The quantitative estimate of drug-likeness (QED) is 0.182. The smallest absolute Gasteiger partial charge is 0.160 e. The topological polar surface area (TPSA) is 25.8 Å². The molecule has 0 saturated heterocycles. The van der Waals surface area contributed by atoms with E-state index in [0.717, 1.165) is 33.9 Å². The van der Waals surface area contributed by atoms with E-state index in [-0.39, 0.29) is 5.41 Å². The van der Waals surface area contributed by atoms with Crippen LogP contribution in [0.1, 0.15) is 25.0 Å². The molecule has 8 aromatic carbocycles. The molecule has 54 heavy (non-hydrogen) atoms. The van der Waals surface area contributed by atoms with E-state index >= 15 is 0 Å². The molecule has 0 radical (unpaired) electrons. The number of thiophene rings is 1. The highest BCUT2D eigenvalue weighted by Gasteiger charge is 2.37. The Morgan fingerprint density at radius 2 is 1.04 bits per heavy atom. The van der Waals surface area contributed by atoms with Crippen LogP contribution in [0.25, 0.3) is 97.9 Å². The summed E-state index contributed by atoms with van der Waals surface area (Å²) in [7, 11) is 0. The first-order valence-corrected chi connectivity index (χ1v) is 19.4. The zero-order valence-electron chi connectivity index (χ0n) is 30.0. The van der Waals surface area contributed by atoms with Crippen molar-refractivity contribution in [2.45, 2.75) is 19.3 Å². The van der Waals surface area contributed by atoms with Crippen LogP contribution in [0.4, 0.5) is 0 Å². The summed E-state index contributed by atoms with van der Waals surface area (Å²) in [5.74, 6) is 0.723. The van der Waals surface area contributed by atoms with Crippen molar-refractivity contribution in [3.63, 3.8) is 0 Å². The Labute approximate surface area is 318 Å². The molecule has 0 amide bonds. The fourth-order valence-corrected chi connectivity index (χ4v) is 10.0. The second-order valence-electron chi connectivity index (χ2n) is 14.9. The van der Waals surface area contributed by atoms with Crippen molar-refractivity contribution in [2.24, 2.45) is 0 Å². The third-order valence-electron chi connectivity index (χ3n) is 11.5. The van der Waals surface area contributed by atoms with Gasteiger partial charge in [-0.1, -0.05) is 159 Å². The van der Waals surface area contributed by atoms with Gasteiger partial charge < -0.3 is 0 Å². The molecule has 10 aromatic rings. The Bertz CT molecular complexity index is 3130. The second kappa shape index (κ2) is 11.8. The number of rotatable bonds is 4.